The van der Waals surface area contributed by atoms with E-state index in [-0.39, 0.29) is 6.10 Å². The number of rotatable bonds is 8. The number of thiophene rings is 1. The van der Waals surface area contributed by atoms with Crippen LogP contribution in [0.15, 0.2) is 15.2 Å². The molecule has 0 saturated heterocycles. The zero-order valence-electron chi connectivity index (χ0n) is 10.8. The summed E-state index contributed by atoms with van der Waals surface area (Å²) in [5.41, 5.74) is 1.32. The van der Waals surface area contributed by atoms with Crippen molar-refractivity contribution in [3.05, 3.63) is 20.8 Å². The first-order valence-corrected chi connectivity index (χ1v) is 8.04. The van der Waals surface area contributed by atoms with Gasteiger partial charge in [0.05, 0.1) is 12.1 Å². The van der Waals surface area contributed by atoms with Crippen LogP contribution in [0.3, 0.4) is 0 Å². The largest absolute Gasteiger partial charge is 0.377 e. The molecule has 1 aromatic heterocycles. The molecular formula is C13H22BrNOS. The predicted octanol–water partition coefficient (Wildman–Crippen LogP) is 4.37. The summed E-state index contributed by atoms with van der Waals surface area (Å²) in [7, 11) is 0. The third kappa shape index (κ3) is 4.36. The Bertz CT molecular complexity index is 316. The van der Waals surface area contributed by atoms with E-state index in [1.54, 1.807) is 11.3 Å². The van der Waals surface area contributed by atoms with Crippen molar-refractivity contribution in [1.82, 2.24) is 5.32 Å². The maximum Gasteiger partial charge on any atom is 0.0767 e. The maximum absolute atomic E-state index is 5.85. The van der Waals surface area contributed by atoms with Gasteiger partial charge in [-0.2, -0.15) is 11.3 Å². The molecule has 0 fully saturated rings. The highest BCUT2D eigenvalue weighted by Crippen LogP contribution is 2.31. The van der Waals surface area contributed by atoms with E-state index in [1.165, 1.54) is 10.0 Å². The van der Waals surface area contributed by atoms with Crippen LogP contribution in [0.2, 0.25) is 0 Å². The Morgan fingerprint density at radius 2 is 2.12 bits per heavy atom. The van der Waals surface area contributed by atoms with Gasteiger partial charge in [-0.05, 0) is 53.2 Å². The van der Waals surface area contributed by atoms with Crippen molar-refractivity contribution in [1.29, 1.82) is 0 Å². The lowest BCUT2D eigenvalue weighted by atomic mass is 10.0. The predicted molar refractivity (Wildman–Crippen MR) is 78.8 cm³/mol. The SMILES string of the molecule is CCCNC(c1cscc1Br)C(CC)OCC. The Morgan fingerprint density at radius 1 is 1.35 bits per heavy atom. The Hall–Kier alpha value is 0.1000. The van der Waals surface area contributed by atoms with Crippen LogP contribution in [-0.2, 0) is 4.74 Å². The fourth-order valence-corrected chi connectivity index (χ4v) is 3.50. The van der Waals surface area contributed by atoms with E-state index >= 15 is 0 Å². The molecule has 17 heavy (non-hydrogen) atoms. The fourth-order valence-electron chi connectivity index (χ4n) is 1.92. The molecule has 0 aliphatic heterocycles. The third-order valence-corrected chi connectivity index (χ3v) is 4.50. The van der Waals surface area contributed by atoms with Crippen LogP contribution in [-0.4, -0.2) is 19.3 Å². The van der Waals surface area contributed by atoms with Gasteiger partial charge in [0.2, 0.25) is 0 Å². The van der Waals surface area contributed by atoms with Crippen molar-refractivity contribution in [3.8, 4) is 0 Å². The van der Waals surface area contributed by atoms with Gasteiger partial charge in [0, 0.05) is 16.5 Å². The van der Waals surface area contributed by atoms with E-state index in [9.17, 15) is 0 Å². The molecule has 1 N–H and O–H groups in total. The first-order valence-electron chi connectivity index (χ1n) is 6.31. The highest BCUT2D eigenvalue weighted by molar-refractivity contribution is 9.10. The molecule has 0 radical (unpaired) electrons. The van der Waals surface area contributed by atoms with Crippen LogP contribution in [0.4, 0.5) is 0 Å². The second-order valence-electron chi connectivity index (χ2n) is 4.01. The Morgan fingerprint density at radius 3 is 2.59 bits per heavy atom. The van der Waals surface area contributed by atoms with Crippen molar-refractivity contribution >= 4 is 27.3 Å². The summed E-state index contributed by atoms with van der Waals surface area (Å²) >= 11 is 5.35. The summed E-state index contributed by atoms with van der Waals surface area (Å²) in [6.45, 7) is 8.22. The lowest BCUT2D eigenvalue weighted by Gasteiger charge is -2.27. The quantitative estimate of drug-likeness (QED) is 0.768. The number of hydrogen-bond donors (Lipinski definition) is 1. The lowest BCUT2D eigenvalue weighted by molar-refractivity contribution is 0.0314. The van der Waals surface area contributed by atoms with Gasteiger partial charge in [-0.3, -0.25) is 0 Å². The maximum atomic E-state index is 5.85. The second-order valence-corrected chi connectivity index (χ2v) is 5.61. The minimum atomic E-state index is 0.248. The van der Waals surface area contributed by atoms with Gasteiger partial charge >= 0.3 is 0 Å². The zero-order chi connectivity index (χ0) is 12.7. The molecule has 0 spiro atoms. The van der Waals surface area contributed by atoms with E-state index in [2.05, 4.69) is 52.8 Å². The topological polar surface area (TPSA) is 21.3 Å². The van der Waals surface area contributed by atoms with Crippen molar-refractivity contribution < 1.29 is 4.74 Å². The summed E-state index contributed by atoms with van der Waals surface area (Å²) in [5, 5.41) is 7.94. The molecule has 1 rings (SSSR count). The fraction of sp³-hybridized carbons (Fsp3) is 0.692. The molecule has 0 aliphatic carbocycles. The van der Waals surface area contributed by atoms with E-state index in [0.717, 1.165) is 26.0 Å². The van der Waals surface area contributed by atoms with Gasteiger partial charge in [-0.1, -0.05) is 13.8 Å². The van der Waals surface area contributed by atoms with Crippen molar-refractivity contribution in [3.63, 3.8) is 0 Å². The van der Waals surface area contributed by atoms with E-state index < -0.39 is 0 Å². The molecule has 2 nitrogen and oxygen atoms in total. The molecule has 98 valence electrons. The highest BCUT2D eigenvalue weighted by atomic mass is 79.9. The smallest absolute Gasteiger partial charge is 0.0767 e. The highest BCUT2D eigenvalue weighted by Gasteiger charge is 2.23. The van der Waals surface area contributed by atoms with Crippen LogP contribution < -0.4 is 5.32 Å². The standard InChI is InChI=1S/C13H22BrNOS/c1-4-7-15-13(12(5-2)16-6-3)10-8-17-9-11(10)14/h8-9,12-13,15H,4-7H2,1-3H3. The van der Waals surface area contributed by atoms with Crippen LogP contribution in [0.5, 0.6) is 0 Å². The monoisotopic (exact) mass is 319 g/mol. The van der Waals surface area contributed by atoms with Crippen LogP contribution in [0.25, 0.3) is 0 Å². The molecule has 0 bridgehead atoms. The average Bonchev–Trinajstić information content (AvgIpc) is 2.75. The van der Waals surface area contributed by atoms with Gasteiger partial charge in [-0.15, -0.1) is 0 Å². The summed E-state index contributed by atoms with van der Waals surface area (Å²) in [5.74, 6) is 0. The van der Waals surface area contributed by atoms with Crippen LogP contribution in [0, 0.1) is 0 Å². The minimum absolute atomic E-state index is 0.248. The second kappa shape index (κ2) is 8.25. The number of nitrogens with one attached hydrogen (secondary N) is 1. The molecule has 2 atom stereocenters. The van der Waals surface area contributed by atoms with Crippen molar-refractivity contribution in [2.45, 2.75) is 45.8 Å². The Labute approximate surface area is 117 Å². The molecule has 1 aromatic rings. The first kappa shape index (κ1) is 15.2. The first-order chi connectivity index (χ1) is 8.24. The number of ether oxygens (including phenoxy) is 1. The van der Waals surface area contributed by atoms with Gasteiger partial charge in [0.25, 0.3) is 0 Å². The summed E-state index contributed by atoms with van der Waals surface area (Å²) in [6, 6.07) is 0.292. The molecule has 0 saturated carbocycles. The molecule has 1 heterocycles. The molecule has 2 unspecified atom stereocenters. The van der Waals surface area contributed by atoms with Crippen LogP contribution in [0.1, 0.15) is 45.2 Å². The Balaban J connectivity index is 2.82. The Kier molecular flexibility index (Phi) is 7.35. The van der Waals surface area contributed by atoms with Crippen molar-refractivity contribution in [2.24, 2.45) is 0 Å². The molecule has 0 amide bonds. The molecular weight excluding hydrogens is 298 g/mol. The van der Waals surface area contributed by atoms with Gasteiger partial charge in [0.1, 0.15) is 0 Å². The van der Waals surface area contributed by atoms with E-state index in [1.807, 2.05) is 0 Å². The normalized spacial score (nSPS) is 14.8. The van der Waals surface area contributed by atoms with E-state index in [4.69, 9.17) is 4.74 Å². The van der Waals surface area contributed by atoms with Gasteiger partial charge < -0.3 is 10.1 Å². The van der Waals surface area contributed by atoms with Crippen molar-refractivity contribution in [2.75, 3.05) is 13.2 Å². The lowest BCUT2D eigenvalue weighted by Crippen LogP contribution is -2.34. The van der Waals surface area contributed by atoms with Gasteiger partial charge in [-0.25, -0.2) is 0 Å². The molecule has 0 aliphatic rings. The van der Waals surface area contributed by atoms with E-state index in [0.29, 0.717) is 6.04 Å². The number of halogens is 1. The number of hydrogen-bond acceptors (Lipinski definition) is 3. The summed E-state index contributed by atoms with van der Waals surface area (Å²) in [6.07, 6.45) is 2.41. The average molecular weight is 320 g/mol. The molecule has 0 aromatic carbocycles. The zero-order valence-corrected chi connectivity index (χ0v) is 13.2. The summed E-state index contributed by atoms with van der Waals surface area (Å²) in [4.78, 5) is 0. The third-order valence-electron chi connectivity index (χ3n) is 2.75. The summed E-state index contributed by atoms with van der Waals surface area (Å²) < 4.78 is 7.04. The molecule has 4 heteroatoms. The minimum Gasteiger partial charge on any atom is -0.377 e. The van der Waals surface area contributed by atoms with Crippen LogP contribution >= 0.6 is 27.3 Å². The van der Waals surface area contributed by atoms with Gasteiger partial charge in [0.15, 0.2) is 0 Å².